The largest absolute Gasteiger partial charge is 0.327 e. The fourth-order valence-corrected chi connectivity index (χ4v) is 4.49. The van der Waals surface area contributed by atoms with Crippen molar-refractivity contribution in [3.8, 4) is 6.07 Å². The van der Waals surface area contributed by atoms with Crippen molar-refractivity contribution in [2.24, 2.45) is 0 Å². The lowest BCUT2D eigenvalue weighted by Crippen LogP contribution is -2.21. The molecule has 1 saturated carbocycles. The van der Waals surface area contributed by atoms with Crippen molar-refractivity contribution >= 4 is 23.5 Å². The van der Waals surface area contributed by atoms with Gasteiger partial charge in [0.15, 0.2) is 0 Å². The first kappa shape index (κ1) is 20.5. The van der Waals surface area contributed by atoms with Crippen LogP contribution in [0.3, 0.4) is 0 Å². The Bertz CT molecular complexity index is 872. The number of carbonyl (C=O) groups excluding carboxylic acids is 1. The molecule has 7 nitrogen and oxygen atoms in total. The van der Waals surface area contributed by atoms with Gasteiger partial charge in [0, 0.05) is 18.2 Å². The van der Waals surface area contributed by atoms with Crippen molar-refractivity contribution in [1.82, 2.24) is 19.7 Å². The number of aromatic nitrogens is 4. The fraction of sp³-hybridized carbons (Fsp3) is 0.600. The van der Waals surface area contributed by atoms with Crippen LogP contribution in [0.2, 0.25) is 0 Å². The first-order valence-corrected chi connectivity index (χ1v) is 11.0. The minimum atomic E-state index is -0.141. The molecule has 150 valence electrons. The molecule has 28 heavy (non-hydrogen) atoms. The second-order valence-corrected chi connectivity index (χ2v) is 8.30. The molecule has 1 amide bonds. The van der Waals surface area contributed by atoms with Gasteiger partial charge in [-0.1, -0.05) is 37.9 Å². The second-order valence-electron chi connectivity index (χ2n) is 7.36. The second kappa shape index (κ2) is 9.28. The molecule has 2 aromatic rings. The molecule has 0 atom stereocenters. The van der Waals surface area contributed by atoms with Crippen molar-refractivity contribution in [3.63, 3.8) is 0 Å². The number of rotatable bonds is 7. The van der Waals surface area contributed by atoms with Gasteiger partial charge in [-0.2, -0.15) is 5.26 Å². The molecule has 1 aliphatic rings. The van der Waals surface area contributed by atoms with Gasteiger partial charge in [0.25, 0.3) is 0 Å². The number of H-pyrrole nitrogens is 1. The smallest absolute Gasteiger partial charge is 0.235 e. The summed E-state index contributed by atoms with van der Waals surface area (Å²) in [5, 5.41) is 20.3. The van der Waals surface area contributed by atoms with Crippen LogP contribution in [0.25, 0.3) is 0 Å². The number of aromatic amines is 1. The third kappa shape index (κ3) is 4.41. The number of nitrogens with one attached hydrogen (secondary N) is 2. The first-order chi connectivity index (χ1) is 13.5. The molecule has 0 unspecified atom stereocenters. The lowest BCUT2D eigenvalue weighted by molar-refractivity contribution is -0.113. The topological polar surface area (TPSA) is 99.4 Å². The van der Waals surface area contributed by atoms with Crippen LogP contribution < -0.4 is 5.32 Å². The number of carbonyl (C=O) groups is 1. The van der Waals surface area contributed by atoms with Gasteiger partial charge in [0.05, 0.1) is 11.3 Å². The lowest BCUT2D eigenvalue weighted by atomic mass is 9.95. The van der Waals surface area contributed by atoms with E-state index in [9.17, 15) is 10.1 Å². The van der Waals surface area contributed by atoms with E-state index in [2.05, 4.69) is 38.1 Å². The maximum absolute atomic E-state index is 12.6. The highest BCUT2D eigenvalue weighted by atomic mass is 32.2. The summed E-state index contributed by atoms with van der Waals surface area (Å²) in [6, 6.07) is 2.64. The number of nitriles is 1. The molecule has 8 heteroatoms. The van der Waals surface area contributed by atoms with Gasteiger partial charge in [-0.25, -0.2) is 4.98 Å². The van der Waals surface area contributed by atoms with Crippen LogP contribution >= 0.6 is 11.8 Å². The van der Waals surface area contributed by atoms with E-state index in [4.69, 9.17) is 0 Å². The van der Waals surface area contributed by atoms with Crippen LogP contribution in [0.1, 0.15) is 74.1 Å². The third-order valence-corrected chi connectivity index (χ3v) is 6.24. The van der Waals surface area contributed by atoms with Crippen LogP contribution in [0.15, 0.2) is 5.16 Å². The summed E-state index contributed by atoms with van der Waals surface area (Å²) in [6.45, 7) is 6.08. The maximum Gasteiger partial charge on any atom is 0.235 e. The molecule has 0 aromatic carbocycles. The Balaban J connectivity index is 1.73. The predicted octanol–water partition coefficient (Wildman–Crippen LogP) is 4.28. The fourth-order valence-electron chi connectivity index (χ4n) is 3.87. The summed E-state index contributed by atoms with van der Waals surface area (Å²) in [6.07, 6.45) is 7.67. The number of amides is 1. The van der Waals surface area contributed by atoms with E-state index in [-0.39, 0.29) is 11.7 Å². The van der Waals surface area contributed by atoms with Crippen LogP contribution in [0.4, 0.5) is 5.82 Å². The molecular weight excluding hydrogens is 372 g/mol. The van der Waals surface area contributed by atoms with Crippen molar-refractivity contribution in [1.29, 1.82) is 5.26 Å². The third-order valence-electron chi connectivity index (χ3n) is 5.40. The molecule has 1 aliphatic carbocycles. The van der Waals surface area contributed by atoms with Crippen LogP contribution in [-0.2, 0) is 11.2 Å². The van der Waals surface area contributed by atoms with E-state index in [0.717, 1.165) is 42.8 Å². The van der Waals surface area contributed by atoms with Gasteiger partial charge in [-0.15, -0.1) is 5.10 Å². The van der Waals surface area contributed by atoms with E-state index in [0.29, 0.717) is 22.6 Å². The average molecular weight is 401 g/mol. The Morgan fingerprint density at radius 3 is 2.79 bits per heavy atom. The van der Waals surface area contributed by atoms with Crippen LogP contribution in [0.5, 0.6) is 0 Å². The van der Waals surface area contributed by atoms with Crippen LogP contribution in [-0.4, -0.2) is 31.4 Å². The maximum atomic E-state index is 12.6. The Morgan fingerprint density at radius 1 is 1.36 bits per heavy atom. The van der Waals surface area contributed by atoms with Gasteiger partial charge in [0.1, 0.15) is 17.7 Å². The highest BCUT2D eigenvalue weighted by Gasteiger charge is 2.25. The summed E-state index contributed by atoms with van der Waals surface area (Å²) in [5.41, 5.74) is 2.60. The molecule has 0 spiro atoms. The van der Waals surface area contributed by atoms with E-state index in [1.165, 1.54) is 31.0 Å². The normalized spacial score (nSPS) is 14.8. The van der Waals surface area contributed by atoms with Gasteiger partial charge in [-0.3, -0.25) is 9.89 Å². The summed E-state index contributed by atoms with van der Waals surface area (Å²) in [4.78, 5) is 17.0. The molecule has 2 heterocycles. The average Bonchev–Trinajstić information content (AvgIpc) is 3.24. The molecule has 0 saturated heterocycles. The zero-order valence-electron chi connectivity index (χ0n) is 16.8. The monoisotopic (exact) mass is 400 g/mol. The molecule has 0 bridgehead atoms. The molecule has 0 aliphatic heterocycles. The van der Waals surface area contributed by atoms with E-state index >= 15 is 0 Å². The lowest BCUT2D eigenvalue weighted by Gasteiger charge is -2.27. The Labute approximate surface area is 170 Å². The highest BCUT2D eigenvalue weighted by molar-refractivity contribution is 7.99. The summed E-state index contributed by atoms with van der Waals surface area (Å²) in [7, 11) is 0. The Morgan fingerprint density at radius 2 is 2.11 bits per heavy atom. The number of nitrogens with zero attached hydrogens (tertiary/aromatic N) is 4. The van der Waals surface area contributed by atoms with Crippen molar-refractivity contribution < 1.29 is 4.79 Å². The number of thioether (sulfide) groups is 1. The van der Waals surface area contributed by atoms with Crippen LogP contribution in [0, 0.1) is 25.2 Å². The molecule has 2 N–H and O–H groups in total. The molecular formula is C20H28N6OS. The van der Waals surface area contributed by atoms with Gasteiger partial charge in [-0.05, 0) is 38.7 Å². The van der Waals surface area contributed by atoms with Gasteiger partial charge in [0.2, 0.25) is 11.1 Å². The number of hydrogen-bond acceptors (Lipinski definition) is 5. The standard InChI is InChI=1S/C20H28N6OS/c1-4-8-17-22-20(25-24-17)28-12-18(27)23-19-16(11-21)13(2)14(3)26(19)15-9-6-5-7-10-15/h15H,4-10,12H2,1-3H3,(H,23,27)(H,22,24,25). The zero-order valence-corrected chi connectivity index (χ0v) is 17.7. The minimum absolute atomic E-state index is 0.141. The summed E-state index contributed by atoms with van der Waals surface area (Å²) >= 11 is 1.30. The highest BCUT2D eigenvalue weighted by Crippen LogP contribution is 2.36. The van der Waals surface area contributed by atoms with Gasteiger partial charge >= 0.3 is 0 Å². The van der Waals surface area contributed by atoms with E-state index in [1.807, 2.05) is 13.8 Å². The molecule has 0 radical (unpaired) electrons. The summed E-state index contributed by atoms with van der Waals surface area (Å²) in [5.74, 6) is 1.56. The van der Waals surface area contributed by atoms with Crippen molar-refractivity contribution in [3.05, 3.63) is 22.6 Å². The van der Waals surface area contributed by atoms with E-state index < -0.39 is 0 Å². The number of hydrogen-bond donors (Lipinski definition) is 2. The first-order valence-electron chi connectivity index (χ1n) is 10.0. The quantitative estimate of drug-likeness (QED) is 0.676. The minimum Gasteiger partial charge on any atom is -0.327 e. The SMILES string of the molecule is CCCc1nc(SCC(=O)Nc2c(C#N)c(C)c(C)n2C2CCCCC2)n[nH]1. The summed E-state index contributed by atoms with van der Waals surface area (Å²) < 4.78 is 2.18. The number of aryl methyl sites for hydroxylation is 1. The Hall–Kier alpha value is -2.27. The predicted molar refractivity (Wildman–Crippen MR) is 110 cm³/mol. The molecule has 3 rings (SSSR count). The molecule has 2 aromatic heterocycles. The van der Waals surface area contributed by atoms with Crippen molar-refractivity contribution in [2.75, 3.05) is 11.1 Å². The van der Waals surface area contributed by atoms with Crippen molar-refractivity contribution in [2.45, 2.75) is 76.9 Å². The zero-order chi connectivity index (χ0) is 20.1. The Kier molecular flexibility index (Phi) is 6.79. The number of anilines is 1. The molecule has 1 fully saturated rings. The van der Waals surface area contributed by atoms with Gasteiger partial charge < -0.3 is 9.88 Å². The van der Waals surface area contributed by atoms with E-state index in [1.54, 1.807) is 0 Å².